The molecule has 0 saturated heterocycles. The van der Waals surface area contributed by atoms with Crippen LogP contribution in [-0.2, 0) is 21.4 Å². The molecular weight excluding hydrogens is 468 g/mol. The van der Waals surface area contributed by atoms with Crippen LogP contribution in [-0.4, -0.2) is 26.5 Å². The summed E-state index contributed by atoms with van der Waals surface area (Å²) in [6.45, 7) is 5.31. The van der Waals surface area contributed by atoms with Crippen molar-refractivity contribution in [2.75, 3.05) is 0 Å². The Labute approximate surface area is 178 Å². The largest absolute Gasteiger partial charge is 0.480 e. The number of hydrogen-bond acceptors (Lipinski definition) is 4. The van der Waals surface area contributed by atoms with Crippen molar-refractivity contribution in [3.8, 4) is 5.75 Å². The zero-order valence-electron chi connectivity index (χ0n) is 15.7. The Morgan fingerprint density at radius 1 is 1.18 bits per heavy atom. The minimum Gasteiger partial charge on any atom is -0.480 e. The Kier molecular flexibility index (Phi) is 7.88. The van der Waals surface area contributed by atoms with Crippen molar-refractivity contribution in [2.24, 2.45) is 0 Å². The summed E-state index contributed by atoms with van der Waals surface area (Å²) in [7, 11) is -3.59. The molecule has 1 atom stereocenters. The molecule has 2 aromatic rings. The number of rotatable bonds is 8. The number of sulfonamides is 1. The van der Waals surface area contributed by atoms with Crippen molar-refractivity contribution >= 4 is 43.5 Å². The number of nitrogens with one attached hydrogen (secondary N) is 2. The van der Waals surface area contributed by atoms with Gasteiger partial charge in [0.25, 0.3) is 5.91 Å². The van der Waals surface area contributed by atoms with Gasteiger partial charge in [0.2, 0.25) is 10.0 Å². The minimum absolute atomic E-state index is 0.155. The van der Waals surface area contributed by atoms with Gasteiger partial charge < -0.3 is 10.1 Å². The van der Waals surface area contributed by atoms with Crippen molar-refractivity contribution in [1.29, 1.82) is 0 Å². The van der Waals surface area contributed by atoms with Crippen LogP contribution < -0.4 is 14.8 Å². The topological polar surface area (TPSA) is 84.5 Å². The Morgan fingerprint density at radius 2 is 1.89 bits per heavy atom. The molecule has 1 unspecified atom stereocenters. The van der Waals surface area contributed by atoms with Crippen molar-refractivity contribution in [3.05, 3.63) is 57.5 Å². The molecule has 28 heavy (non-hydrogen) atoms. The van der Waals surface area contributed by atoms with Crippen molar-refractivity contribution in [3.63, 3.8) is 0 Å². The summed E-state index contributed by atoms with van der Waals surface area (Å²) in [4.78, 5) is 12.5. The standard InChI is InChI=1S/C19H22BrClN2O4S/c1-12(2)23-28(25,26)16-6-4-5-14(9-16)11-22-19(24)13(3)27-18-8-7-15(21)10-17(18)20/h4-10,12-13,23H,11H2,1-3H3,(H,22,24). The lowest BCUT2D eigenvalue weighted by atomic mass is 10.2. The van der Waals surface area contributed by atoms with Crippen LogP contribution in [0.15, 0.2) is 51.8 Å². The van der Waals surface area contributed by atoms with Gasteiger partial charge in [-0.1, -0.05) is 23.7 Å². The van der Waals surface area contributed by atoms with Crippen LogP contribution in [0.25, 0.3) is 0 Å². The number of halogens is 2. The fourth-order valence-electron chi connectivity index (χ4n) is 2.35. The van der Waals surface area contributed by atoms with E-state index in [0.29, 0.717) is 20.8 Å². The Hall–Kier alpha value is -1.61. The van der Waals surface area contributed by atoms with Gasteiger partial charge in [0.1, 0.15) is 5.75 Å². The second kappa shape index (κ2) is 9.73. The minimum atomic E-state index is -3.59. The fourth-order valence-corrected chi connectivity index (χ4v) is 4.45. The monoisotopic (exact) mass is 488 g/mol. The Bertz CT molecular complexity index is 951. The lowest BCUT2D eigenvalue weighted by Crippen LogP contribution is -2.36. The molecule has 0 aromatic heterocycles. The van der Waals surface area contributed by atoms with Crippen LogP contribution in [0.2, 0.25) is 5.02 Å². The van der Waals surface area contributed by atoms with Crippen LogP contribution in [0.3, 0.4) is 0 Å². The van der Waals surface area contributed by atoms with Crippen LogP contribution >= 0.6 is 27.5 Å². The third-order valence-corrected chi connectivity index (χ3v) is 6.14. The van der Waals surface area contributed by atoms with Gasteiger partial charge in [-0.25, -0.2) is 13.1 Å². The van der Waals surface area contributed by atoms with Gasteiger partial charge in [-0.3, -0.25) is 4.79 Å². The highest BCUT2D eigenvalue weighted by atomic mass is 79.9. The average Bonchev–Trinajstić information content (AvgIpc) is 2.61. The molecule has 0 bridgehead atoms. The smallest absolute Gasteiger partial charge is 0.261 e. The Morgan fingerprint density at radius 3 is 2.54 bits per heavy atom. The Balaban J connectivity index is 1.99. The highest BCUT2D eigenvalue weighted by Crippen LogP contribution is 2.28. The number of amides is 1. The lowest BCUT2D eigenvalue weighted by Gasteiger charge is -2.16. The fraction of sp³-hybridized carbons (Fsp3) is 0.316. The molecule has 0 radical (unpaired) electrons. The molecule has 152 valence electrons. The summed E-state index contributed by atoms with van der Waals surface area (Å²) in [5.41, 5.74) is 0.667. The molecular formula is C19H22BrClN2O4S. The van der Waals surface area contributed by atoms with Crippen LogP contribution in [0, 0.1) is 0 Å². The molecule has 0 spiro atoms. The number of hydrogen-bond donors (Lipinski definition) is 2. The van der Waals surface area contributed by atoms with E-state index in [4.69, 9.17) is 16.3 Å². The molecule has 0 fully saturated rings. The van der Waals surface area contributed by atoms with Gasteiger partial charge >= 0.3 is 0 Å². The molecule has 0 aliphatic heterocycles. The first-order chi connectivity index (χ1) is 13.1. The maximum Gasteiger partial charge on any atom is 0.261 e. The molecule has 2 N–H and O–H groups in total. The van der Waals surface area contributed by atoms with Crippen molar-refractivity contribution in [2.45, 2.75) is 44.4 Å². The van der Waals surface area contributed by atoms with Gasteiger partial charge in [0.15, 0.2) is 6.10 Å². The van der Waals surface area contributed by atoms with Gasteiger partial charge in [0.05, 0.1) is 9.37 Å². The van der Waals surface area contributed by atoms with Crippen molar-refractivity contribution in [1.82, 2.24) is 10.0 Å². The maximum absolute atomic E-state index is 12.3. The van der Waals surface area contributed by atoms with Crippen LogP contribution in [0.1, 0.15) is 26.3 Å². The van der Waals surface area contributed by atoms with E-state index in [9.17, 15) is 13.2 Å². The second-order valence-electron chi connectivity index (χ2n) is 6.48. The first kappa shape index (κ1) is 22.7. The highest BCUT2D eigenvalue weighted by Gasteiger charge is 2.18. The van der Waals surface area contributed by atoms with E-state index < -0.39 is 16.1 Å². The third-order valence-electron chi connectivity index (χ3n) is 3.63. The summed E-state index contributed by atoms with van der Waals surface area (Å²) in [6, 6.07) is 11.2. The first-order valence-corrected chi connectivity index (χ1v) is 11.2. The van der Waals surface area contributed by atoms with Gasteiger partial charge in [-0.15, -0.1) is 0 Å². The van der Waals surface area contributed by atoms with Gasteiger partial charge in [0, 0.05) is 17.6 Å². The summed E-state index contributed by atoms with van der Waals surface area (Å²) < 4.78 is 33.4. The maximum atomic E-state index is 12.3. The summed E-state index contributed by atoms with van der Waals surface area (Å²) in [6.07, 6.45) is -0.744. The molecule has 2 aromatic carbocycles. The molecule has 0 saturated carbocycles. The van der Waals surface area contributed by atoms with Crippen LogP contribution in [0.5, 0.6) is 5.75 Å². The lowest BCUT2D eigenvalue weighted by molar-refractivity contribution is -0.127. The molecule has 0 aliphatic rings. The summed E-state index contributed by atoms with van der Waals surface area (Å²) >= 11 is 9.23. The zero-order valence-corrected chi connectivity index (χ0v) is 18.9. The molecule has 9 heteroatoms. The summed E-state index contributed by atoms with van der Waals surface area (Å²) in [5.74, 6) is 0.176. The first-order valence-electron chi connectivity index (χ1n) is 8.59. The van der Waals surface area contributed by atoms with Gasteiger partial charge in [-0.05, 0) is 72.6 Å². The normalized spacial score (nSPS) is 12.6. The van der Waals surface area contributed by atoms with E-state index in [2.05, 4.69) is 26.0 Å². The molecule has 0 aliphatic carbocycles. The van der Waals surface area contributed by atoms with E-state index in [1.54, 1.807) is 51.1 Å². The van der Waals surface area contributed by atoms with Gasteiger partial charge in [-0.2, -0.15) is 0 Å². The molecule has 6 nitrogen and oxygen atoms in total. The number of ether oxygens (including phenoxy) is 1. The van der Waals surface area contributed by atoms with E-state index in [-0.39, 0.29) is 23.4 Å². The molecule has 2 rings (SSSR count). The van der Waals surface area contributed by atoms with Crippen LogP contribution in [0.4, 0.5) is 0 Å². The van der Waals surface area contributed by atoms with E-state index >= 15 is 0 Å². The van der Waals surface area contributed by atoms with E-state index in [1.165, 1.54) is 12.1 Å². The SMILES string of the molecule is CC(C)NS(=O)(=O)c1cccc(CNC(=O)C(C)Oc2ccc(Cl)cc2Br)c1. The number of benzene rings is 2. The predicted molar refractivity (Wildman–Crippen MR) is 113 cm³/mol. The predicted octanol–water partition coefficient (Wildman–Crippen LogP) is 3.87. The van der Waals surface area contributed by atoms with E-state index in [0.717, 1.165) is 0 Å². The summed E-state index contributed by atoms with van der Waals surface area (Å²) in [5, 5.41) is 3.30. The second-order valence-corrected chi connectivity index (χ2v) is 9.48. The molecule has 0 heterocycles. The number of carbonyl (C=O) groups is 1. The third kappa shape index (κ3) is 6.48. The molecule has 1 amide bonds. The zero-order chi connectivity index (χ0) is 20.9. The average molecular weight is 490 g/mol. The van der Waals surface area contributed by atoms with E-state index in [1.807, 2.05) is 0 Å². The quantitative estimate of drug-likeness (QED) is 0.589. The number of carbonyl (C=O) groups excluding carboxylic acids is 1. The highest BCUT2D eigenvalue weighted by molar-refractivity contribution is 9.10. The van der Waals surface area contributed by atoms with Crippen molar-refractivity contribution < 1.29 is 17.9 Å².